The number of fused-ring (bicyclic) bond motifs is 4. The number of pyridine rings is 1. The largest absolute Gasteiger partial charge is 0.497 e. The lowest BCUT2D eigenvalue weighted by molar-refractivity contribution is -0.160. The maximum absolute atomic E-state index is 12.1. The molecule has 26 heavy (non-hydrogen) atoms. The fraction of sp³-hybridized carbons (Fsp3) is 0.524. The topological polar surface area (TPSA) is 60.5 Å². The van der Waals surface area contributed by atoms with Gasteiger partial charge in [-0.25, -0.2) is 0 Å². The SMILES string of the molecule is COC(=O)C12CCC(NCc3ccc4cc(OC)ccc4n3)(CC1)CC2. The van der Waals surface area contributed by atoms with Crippen molar-refractivity contribution in [2.75, 3.05) is 14.2 Å². The van der Waals surface area contributed by atoms with Crippen molar-refractivity contribution in [2.24, 2.45) is 5.41 Å². The number of benzene rings is 1. The Balaban J connectivity index is 1.43. The highest BCUT2D eigenvalue weighted by molar-refractivity contribution is 5.80. The maximum atomic E-state index is 12.1. The summed E-state index contributed by atoms with van der Waals surface area (Å²) in [4.78, 5) is 16.9. The number of aromatic nitrogens is 1. The van der Waals surface area contributed by atoms with Crippen molar-refractivity contribution in [2.45, 2.75) is 50.6 Å². The zero-order valence-corrected chi connectivity index (χ0v) is 15.5. The Morgan fingerprint density at radius 1 is 1.08 bits per heavy atom. The van der Waals surface area contributed by atoms with Gasteiger partial charge in [-0.15, -0.1) is 0 Å². The molecule has 3 aliphatic carbocycles. The lowest BCUT2D eigenvalue weighted by Crippen LogP contribution is -2.56. The quantitative estimate of drug-likeness (QED) is 0.832. The Labute approximate surface area is 154 Å². The molecule has 1 aromatic carbocycles. The van der Waals surface area contributed by atoms with Crippen LogP contribution in [0.2, 0.25) is 0 Å². The number of hydrogen-bond acceptors (Lipinski definition) is 5. The van der Waals surface area contributed by atoms with Gasteiger partial charge in [-0.1, -0.05) is 6.07 Å². The molecular formula is C21H26N2O3. The first-order chi connectivity index (χ1) is 12.6. The number of ether oxygens (including phenoxy) is 2. The first-order valence-electron chi connectivity index (χ1n) is 9.35. The summed E-state index contributed by atoms with van der Waals surface area (Å²) in [5.41, 5.74) is 1.96. The van der Waals surface area contributed by atoms with Gasteiger partial charge in [0, 0.05) is 17.5 Å². The minimum Gasteiger partial charge on any atom is -0.497 e. The highest BCUT2D eigenvalue weighted by atomic mass is 16.5. The van der Waals surface area contributed by atoms with Crippen molar-refractivity contribution in [3.05, 3.63) is 36.0 Å². The fourth-order valence-corrected chi connectivity index (χ4v) is 4.62. The van der Waals surface area contributed by atoms with Gasteiger partial charge in [0.15, 0.2) is 0 Å². The van der Waals surface area contributed by atoms with Crippen LogP contribution in [-0.4, -0.2) is 30.7 Å². The van der Waals surface area contributed by atoms with E-state index < -0.39 is 0 Å². The van der Waals surface area contributed by atoms with E-state index in [0.717, 1.165) is 67.4 Å². The molecule has 0 aliphatic heterocycles. The lowest BCUT2D eigenvalue weighted by atomic mass is 9.57. The van der Waals surface area contributed by atoms with E-state index in [1.54, 1.807) is 7.11 Å². The molecule has 5 nitrogen and oxygen atoms in total. The molecule has 2 aromatic rings. The number of carbonyl (C=O) groups excluding carboxylic acids is 1. The number of carbonyl (C=O) groups is 1. The second-order valence-electron chi connectivity index (χ2n) is 7.77. The van der Waals surface area contributed by atoms with Crippen molar-refractivity contribution in [1.82, 2.24) is 10.3 Å². The van der Waals surface area contributed by atoms with Crippen LogP contribution in [0.5, 0.6) is 5.75 Å². The van der Waals surface area contributed by atoms with Gasteiger partial charge < -0.3 is 14.8 Å². The molecule has 5 rings (SSSR count). The van der Waals surface area contributed by atoms with Gasteiger partial charge >= 0.3 is 5.97 Å². The van der Waals surface area contributed by atoms with Crippen LogP contribution in [0, 0.1) is 5.41 Å². The third-order valence-electron chi connectivity index (χ3n) is 6.46. The third kappa shape index (κ3) is 2.94. The summed E-state index contributed by atoms with van der Waals surface area (Å²) in [5.74, 6) is 0.833. The van der Waals surface area contributed by atoms with Crippen molar-refractivity contribution in [3.8, 4) is 5.75 Å². The molecule has 0 saturated heterocycles. The Morgan fingerprint density at radius 3 is 2.46 bits per heavy atom. The standard InChI is InChI=1S/C21H26N2O3/c1-25-17-5-6-18-15(13-17)3-4-16(23-18)14-22-21-10-7-20(8-11-21,9-12-21)19(24)26-2/h3-6,13,22H,7-12,14H2,1-2H3. The van der Waals surface area contributed by atoms with E-state index in [-0.39, 0.29) is 16.9 Å². The monoisotopic (exact) mass is 354 g/mol. The predicted octanol–water partition coefficient (Wildman–Crippen LogP) is 3.60. The molecule has 3 fully saturated rings. The van der Waals surface area contributed by atoms with E-state index in [9.17, 15) is 4.79 Å². The Kier molecular flexibility index (Phi) is 4.35. The first kappa shape index (κ1) is 17.3. The van der Waals surface area contributed by atoms with Gasteiger partial charge in [0.2, 0.25) is 0 Å². The summed E-state index contributed by atoms with van der Waals surface area (Å²) < 4.78 is 10.3. The van der Waals surface area contributed by atoms with Crippen LogP contribution in [0.4, 0.5) is 0 Å². The molecule has 0 spiro atoms. The predicted molar refractivity (Wildman–Crippen MR) is 100 cm³/mol. The second-order valence-corrected chi connectivity index (χ2v) is 7.77. The van der Waals surface area contributed by atoms with E-state index in [2.05, 4.69) is 17.4 Å². The molecule has 1 heterocycles. The molecular weight excluding hydrogens is 328 g/mol. The van der Waals surface area contributed by atoms with E-state index in [4.69, 9.17) is 14.5 Å². The molecule has 0 unspecified atom stereocenters. The molecule has 0 atom stereocenters. The van der Waals surface area contributed by atoms with E-state index in [1.165, 1.54) is 7.11 Å². The van der Waals surface area contributed by atoms with Gasteiger partial charge in [-0.2, -0.15) is 0 Å². The summed E-state index contributed by atoms with van der Waals surface area (Å²) in [6, 6.07) is 10.1. The summed E-state index contributed by atoms with van der Waals surface area (Å²) in [5, 5.41) is 4.85. The molecule has 3 saturated carbocycles. The van der Waals surface area contributed by atoms with Crippen molar-refractivity contribution >= 4 is 16.9 Å². The summed E-state index contributed by atoms with van der Waals surface area (Å²) in [6.07, 6.45) is 5.89. The van der Waals surface area contributed by atoms with Crippen molar-refractivity contribution in [3.63, 3.8) is 0 Å². The smallest absolute Gasteiger partial charge is 0.311 e. The molecule has 138 valence electrons. The number of hydrogen-bond donors (Lipinski definition) is 1. The van der Waals surface area contributed by atoms with Crippen LogP contribution in [0.3, 0.4) is 0 Å². The number of nitrogens with one attached hydrogen (secondary N) is 1. The zero-order chi connectivity index (χ0) is 18.2. The zero-order valence-electron chi connectivity index (χ0n) is 15.5. The average molecular weight is 354 g/mol. The molecule has 5 heteroatoms. The van der Waals surface area contributed by atoms with Crippen LogP contribution >= 0.6 is 0 Å². The molecule has 2 bridgehead atoms. The normalized spacial score (nSPS) is 27.5. The Morgan fingerprint density at radius 2 is 1.81 bits per heavy atom. The minimum atomic E-state index is -0.224. The fourth-order valence-electron chi connectivity index (χ4n) is 4.62. The summed E-state index contributed by atoms with van der Waals surface area (Å²) in [7, 11) is 3.18. The van der Waals surface area contributed by atoms with Crippen LogP contribution in [0.15, 0.2) is 30.3 Å². The molecule has 0 amide bonds. The van der Waals surface area contributed by atoms with Gasteiger partial charge in [0.25, 0.3) is 0 Å². The van der Waals surface area contributed by atoms with Crippen LogP contribution in [0.25, 0.3) is 10.9 Å². The molecule has 1 N–H and O–H groups in total. The second kappa shape index (κ2) is 6.54. The van der Waals surface area contributed by atoms with Crippen LogP contribution < -0.4 is 10.1 Å². The highest BCUT2D eigenvalue weighted by Crippen LogP contribution is 2.52. The average Bonchev–Trinajstić information content (AvgIpc) is 2.72. The highest BCUT2D eigenvalue weighted by Gasteiger charge is 2.52. The first-order valence-corrected chi connectivity index (χ1v) is 9.35. The van der Waals surface area contributed by atoms with Crippen LogP contribution in [-0.2, 0) is 16.1 Å². The lowest BCUT2D eigenvalue weighted by Gasteiger charge is -2.52. The van der Waals surface area contributed by atoms with E-state index >= 15 is 0 Å². The molecule has 3 aliphatic rings. The Bertz CT molecular complexity index is 809. The van der Waals surface area contributed by atoms with E-state index in [0.29, 0.717) is 0 Å². The molecule has 0 radical (unpaired) electrons. The minimum absolute atomic E-state index is 0.0163. The van der Waals surface area contributed by atoms with Gasteiger partial charge in [0.05, 0.1) is 30.8 Å². The van der Waals surface area contributed by atoms with Gasteiger partial charge in [-0.05, 0) is 62.8 Å². The number of esters is 1. The summed E-state index contributed by atoms with van der Waals surface area (Å²) >= 11 is 0. The number of nitrogens with zero attached hydrogens (tertiary/aromatic N) is 1. The van der Waals surface area contributed by atoms with Crippen LogP contribution in [0.1, 0.15) is 44.2 Å². The van der Waals surface area contributed by atoms with Gasteiger partial charge in [0.1, 0.15) is 5.75 Å². The van der Waals surface area contributed by atoms with Crippen molar-refractivity contribution < 1.29 is 14.3 Å². The summed E-state index contributed by atoms with van der Waals surface area (Å²) in [6.45, 7) is 0.757. The Hall–Kier alpha value is -2.14. The molecule has 1 aromatic heterocycles. The van der Waals surface area contributed by atoms with Crippen molar-refractivity contribution in [1.29, 1.82) is 0 Å². The number of rotatable bonds is 5. The van der Waals surface area contributed by atoms with Gasteiger partial charge in [-0.3, -0.25) is 9.78 Å². The maximum Gasteiger partial charge on any atom is 0.311 e. The van der Waals surface area contributed by atoms with E-state index in [1.807, 2.05) is 18.2 Å². The number of methoxy groups -OCH3 is 2. The third-order valence-corrected chi connectivity index (χ3v) is 6.46.